The minimum atomic E-state index is -0.578. The molecule has 1 aromatic heterocycles. The molecule has 2 aliphatic rings. The summed E-state index contributed by atoms with van der Waals surface area (Å²) >= 11 is 1.05. The molecule has 2 fully saturated rings. The van der Waals surface area contributed by atoms with Crippen LogP contribution < -0.4 is 5.32 Å². The molecule has 0 aromatic carbocycles. The molecule has 0 radical (unpaired) electrons. The van der Waals surface area contributed by atoms with Gasteiger partial charge in [0, 0.05) is 12.1 Å². The molecule has 8 heteroatoms. The average molecular weight is 409 g/mol. The van der Waals surface area contributed by atoms with E-state index >= 15 is 0 Å². The van der Waals surface area contributed by atoms with E-state index in [9.17, 15) is 14.4 Å². The van der Waals surface area contributed by atoms with E-state index in [-0.39, 0.29) is 11.5 Å². The van der Waals surface area contributed by atoms with Gasteiger partial charge in [0.2, 0.25) is 5.91 Å². The molecule has 1 amide bonds. The van der Waals surface area contributed by atoms with Crippen LogP contribution in [0.1, 0.15) is 70.5 Å². The van der Waals surface area contributed by atoms with Crippen molar-refractivity contribution in [1.82, 2.24) is 4.90 Å². The molecule has 0 atom stereocenters. The fourth-order valence-electron chi connectivity index (χ4n) is 3.94. The van der Waals surface area contributed by atoms with Crippen LogP contribution in [-0.2, 0) is 14.3 Å². The molecule has 2 saturated carbocycles. The summed E-state index contributed by atoms with van der Waals surface area (Å²) in [6, 6.07) is 0.951. The lowest BCUT2D eigenvalue weighted by Crippen LogP contribution is -2.43. The van der Waals surface area contributed by atoms with Gasteiger partial charge in [0.1, 0.15) is 9.88 Å². The third-order valence-electron chi connectivity index (χ3n) is 5.55. The van der Waals surface area contributed by atoms with Crippen LogP contribution in [0.15, 0.2) is 0 Å². The summed E-state index contributed by atoms with van der Waals surface area (Å²) in [5.74, 6) is -1.28. The molecule has 154 valence electrons. The summed E-state index contributed by atoms with van der Waals surface area (Å²) < 4.78 is 9.63. The summed E-state index contributed by atoms with van der Waals surface area (Å²) in [6.45, 7) is 1.96. The molecule has 0 unspecified atom stereocenters. The molecule has 28 heavy (non-hydrogen) atoms. The Morgan fingerprint density at radius 2 is 1.61 bits per heavy atom. The minimum absolute atomic E-state index is 0.166. The number of ether oxygens (including phenoxy) is 2. The predicted octanol–water partition coefficient (Wildman–Crippen LogP) is 3.37. The maximum atomic E-state index is 12.8. The molecule has 1 N–H and O–H groups in total. The highest BCUT2D eigenvalue weighted by molar-refractivity contribution is 7.18. The third-order valence-corrected chi connectivity index (χ3v) is 6.73. The average Bonchev–Trinajstić information content (AvgIpc) is 3.50. The molecule has 0 saturated heterocycles. The normalized spacial score (nSPS) is 17.4. The minimum Gasteiger partial charge on any atom is -0.465 e. The molecular formula is C20H28N2O5S. The maximum absolute atomic E-state index is 12.8. The van der Waals surface area contributed by atoms with Crippen molar-refractivity contribution in [2.24, 2.45) is 0 Å². The van der Waals surface area contributed by atoms with Gasteiger partial charge in [0.15, 0.2) is 0 Å². The fourth-order valence-corrected chi connectivity index (χ4v) is 5.07. The number of hydrogen-bond donors (Lipinski definition) is 1. The van der Waals surface area contributed by atoms with E-state index in [1.165, 1.54) is 33.5 Å². The van der Waals surface area contributed by atoms with Crippen LogP contribution in [-0.4, -0.2) is 55.6 Å². The number of anilines is 1. The van der Waals surface area contributed by atoms with Crippen molar-refractivity contribution in [1.29, 1.82) is 0 Å². The first-order valence-corrected chi connectivity index (χ1v) is 10.6. The Bertz CT molecular complexity index is 750. The standard InChI is InChI=1S/C20H28N2O5S/c1-12-16(19(24)26-2)18(28-17(12)20(25)27-3)21-15(23)11-22(14-9-10-14)13-7-5-4-6-8-13/h13-14H,4-11H2,1-3H3,(H,21,23). The summed E-state index contributed by atoms with van der Waals surface area (Å²) in [5.41, 5.74) is 0.683. The van der Waals surface area contributed by atoms with Crippen LogP contribution in [0.3, 0.4) is 0 Å². The van der Waals surface area contributed by atoms with Gasteiger partial charge in [-0.1, -0.05) is 19.3 Å². The zero-order valence-corrected chi connectivity index (χ0v) is 17.5. The van der Waals surface area contributed by atoms with Crippen molar-refractivity contribution in [3.8, 4) is 0 Å². The van der Waals surface area contributed by atoms with Gasteiger partial charge in [-0.2, -0.15) is 0 Å². The van der Waals surface area contributed by atoms with Crippen molar-refractivity contribution in [2.75, 3.05) is 26.1 Å². The van der Waals surface area contributed by atoms with E-state index in [2.05, 4.69) is 10.2 Å². The van der Waals surface area contributed by atoms with E-state index in [1.807, 2.05) is 0 Å². The smallest absolute Gasteiger partial charge is 0.348 e. The van der Waals surface area contributed by atoms with Crippen LogP contribution in [0.2, 0.25) is 0 Å². The summed E-state index contributed by atoms with van der Waals surface area (Å²) in [6.07, 6.45) is 8.27. The first-order chi connectivity index (χ1) is 13.5. The summed E-state index contributed by atoms with van der Waals surface area (Å²) in [5, 5.41) is 3.19. The van der Waals surface area contributed by atoms with Gasteiger partial charge in [-0.25, -0.2) is 9.59 Å². The van der Waals surface area contributed by atoms with E-state index in [0.29, 0.717) is 34.1 Å². The number of methoxy groups -OCH3 is 2. The number of carbonyl (C=O) groups excluding carboxylic acids is 3. The Hall–Kier alpha value is -1.93. The Labute approximate surface area is 169 Å². The first kappa shape index (κ1) is 20.8. The van der Waals surface area contributed by atoms with Gasteiger partial charge < -0.3 is 14.8 Å². The second kappa shape index (κ2) is 9.05. The van der Waals surface area contributed by atoms with Gasteiger partial charge in [0.25, 0.3) is 0 Å². The van der Waals surface area contributed by atoms with Gasteiger partial charge in [-0.05, 0) is 38.2 Å². The number of amides is 1. The Kier molecular flexibility index (Phi) is 6.72. The second-order valence-electron chi connectivity index (χ2n) is 7.49. The van der Waals surface area contributed by atoms with E-state index in [4.69, 9.17) is 9.47 Å². The molecule has 3 rings (SSSR count). The molecule has 2 aliphatic carbocycles. The highest BCUT2D eigenvalue weighted by Crippen LogP contribution is 2.36. The van der Waals surface area contributed by atoms with Gasteiger partial charge in [-0.3, -0.25) is 9.69 Å². The lowest BCUT2D eigenvalue weighted by atomic mass is 9.94. The fraction of sp³-hybridized carbons (Fsp3) is 0.650. The number of carbonyl (C=O) groups is 3. The molecule has 0 spiro atoms. The molecule has 1 aromatic rings. The third kappa shape index (κ3) is 4.55. The van der Waals surface area contributed by atoms with Crippen LogP contribution in [0.4, 0.5) is 5.00 Å². The van der Waals surface area contributed by atoms with Crippen molar-refractivity contribution in [2.45, 2.75) is 64.0 Å². The van der Waals surface area contributed by atoms with Crippen molar-refractivity contribution in [3.63, 3.8) is 0 Å². The van der Waals surface area contributed by atoms with Crippen LogP contribution in [0.5, 0.6) is 0 Å². The van der Waals surface area contributed by atoms with Crippen molar-refractivity contribution < 1.29 is 23.9 Å². The van der Waals surface area contributed by atoms with Gasteiger partial charge in [0.05, 0.1) is 26.3 Å². The monoisotopic (exact) mass is 408 g/mol. The van der Waals surface area contributed by atoms with Gasteiger partial charge >= 0.3 is 11.9 Å². The number of hydrogen-bond acceptors (Lipinski definition) is 7. The first-order valence-electron chi connectivity index (χ1n) is 9.81. The number of thiophene rings is 1. The summed E-state index contributed by atoms with van der Waals surface area (Å²) in [7, 11) is 2.57. The molecule has 0 bridgehead atoms. The number of nitrogens with one attached hydrogen (secondary N) is 1. The Balaban J connectivity index is 1.76. The lowest BCUT2D eigenvalue weighted by molar-refractivity contribution is -0.118. The number of esters is 2. The van der Waals surface area contributed by atoms with Crippen LogP contribution in [0.25, 0.3) is 0 Å². The zero-order chi connectivity index (χ0) is 20.3. The van der Waals surface area contributed by atoms with Gasteiger partial charge in [-0.15, -0.1) is 11.3 Å². The van der Waals surface area contributed by atoms with Crippen molar-refractivity contribution in [3.05, 3.63) is 16.0 Å². The number of rotatable bonds is 7. The molecule has 7 nitrogen and oxygen atoms in total. The van der Waals surface area contributed by atoms with E-state index < -0.39 is 11.9 Å². The Morgan fingerprint density at radius 3 is 2.18 bits per heavy atom. The highest BCUT2D eigenvalue weighted by Gasteiger charge is 2.36. The molecular weight excluding hydrogens is 380 g/mol. The quantitative estimate of drug-likeness (QED) is 0.697. The largest absolute Gasteiger partial charge is 0.465 e. The zero-order valence-electron chi connectivity index (χ0n) is 16.7. The number of nitrogens with zero attached hydrogens (tertiary/aromatic N) is 1. The second-order valence-corrected chi connectivity index (χ2v) is 8.51. The topological polar surface area (TPSA) is 84.9 Å². The molecule has 1 heterocycles. The van der Waals surface area contributed by atoms with E-state index in [0.717, 1.165) is 37.0 Å². The molecule has 0 aliphatic heterocycles. The maximum Gasteiger partial charge on any atom is 0.348 e. The van der Waals surface area contributed by atoms with Crippen LogP contribution >= 0.6 is 11.3 Å². The summed E-state index contributed by atoms with van der Waals surface area (Å²) in [4.78, 5) is 39.6. The lowest BCUT2D eigenvalue weighted by Gasteiger charge is -2.34. The van der Waals surface area contributed by atoms with Crippen molar-refractivity contribution >= 4 is 34.2 Å². The highest BCUT2D eigenvalue weighted by atomic mass is 32.1. The van der Waals surface area contributed by atoms with E-state index in [1.54, 1.807) is 6.92 Å². The Morgan fingerprint density at radius 1 is 1.00 bits per heavy atom. The van der Waals surface area contributed by atoms with Crippen LogP contribution in [0, 0.1) is 6.92 Å². The predicted molar refractivity (Wildman–Crippen MR) is 107 cm³/mol. The SMILES string of the molecule is COC(=O)c1sc(NC(=O)CN(C2CCCCC2)C2CC2)c(C(=O)OC)c1C.